The number of benzene rings is 2. The van der Waals surface area contributed by atoms with Gasteiger partial charge in [0.05, 0.1) is 12.1 Å². The van der Waals surface area contributed by atoms with Crippen molar-refractivity contribution in [3.63, 3.8) is 0 Å². The lowest BCUT2D eigenvalue weighted by molar-refractivity contribution is -0.112. The number of nitrogens with one attached hydrogen (secondary N) is 1. The number of hydrogen-bond acceptors (Lipinski definition) is 4. The number of halogens is 2. The van der Waals surface area contributed by atoms with Crippen LogP contribution in [0, 0.1) is 17.1 Å². The molecule has 0 aliphatic heterocycles. The van der Waals surface area contributed by atoms with Gasteiger partial charge in [-0.3, -0.25) is 4.79 Å². The van der Waals surface area contributed by atoms with Crippen molar-refractivity contribution in [2.24, 2.45) is 0 Å². The van der Waals surface area contributed by atoms with Crippen LogP contribution < -0.4 is 10.1 Å². The number of nitrogens with zero attached hydrogens (tertiary/aromatic N) is 1. The van der Waals surface area contributed by atoms with Gasteiger partial charge in [0.2, 0.25) is 0 Å². The molecule has 25 heavy (non-hydrogen) atoms. The normalized spacial score (nSPS) is 10.9. The molecule has 0 heterocycles. The molecule has 7 heteroatoms. The molecule has 0 bridgehead atoms. The summed E-state index contributed by atoms with van der Waals surface area (Å²) in [7, 11) is 1.55. The zero-order valence-corrected chi connectivity index (χ0v) is 15.0. The van der Waals surface area contributed by atoms with Crippen LogP contribution >= 0.6 is 23.4 Å². The monoisotopic (exact) mass is 376 g/mol. The highest BCUT2D eigenvalue weighted by atomic mass is 35.5. The van der Waals surface area contributed by atoms with Crippen LogP contribution in [0.5, 0.6) is 5.75 Å². The molecule has 0 aliphatic carbocycles. The van der Waals surface area contributed by atoms with Gasteiger partial charge in [-0.1, -0.05) is 17.7 Å². The number of anilines is 1. The van der Waals surface area contributed by atoms with E-state index in [1.165, 1.54) is 30.0 Å². The molecule has 0 saturated carbocycles. The number of ether oxygens (including phenoxy) is 1. The number of amides is 1. The molecule has 1 N–H and O–H groups in total. The molecule has 0 saturated heterocycles. The van der Waals surface area contributed by atoms with Crippen molar-refractivity contribution >= 4 is 41.0 Å². The summed E-state index contributed by atoms with van der Waals surface area (Å²) in [5.74, 6) is -0.543. The van der Waals surface area contributed by atoms with Crippen LogP contribution in [-0.2, 0) is 4.79 Å². The molecule has 2 aromatic carbocycles. The van der Waals surface area contributed by atoms with E-state index in [0.29, 0.717) is 17.0 Å². The molecule has 4 nitrogen and oxygen atoms in total. The van der Waals surface area contributed by atoms with E-state index in [4.69, 9.17) is 16.3 Å². The van der Waals surface area contributed by atoms with E-state index in [-0.39, 0.29) is 10.6 Å². The molecule has 128 valence electrons. The smallest absolute Gasteiger partial charge is 0.266 e. The van der Waals surface area contributed by atoms with Gasteiger partial charge in [-0.25, -0.2) is 4.39 Å². The Kier molecular flexibility index (Phi) is 6.45. The van der Waals surface area contributed by atoms with E-state index in [1.807, 2.05) is 18.4 Å². The number of nitriles is 1. The zero-order valence-electron chi connectivity index (χ0n) is 13.5. The number of methoxy groups -OCH3 is 1. The Hall–Kier alpha value is -2.49. The number of hydrogen-bond donors (Lipinski definition) is 1. The lowest BCUT2D eigenvalue weighted by Gasteiger charge is -2.08. The Morgan fingerprint density at radius 2 is 2.12 bits per heavy atom. The van der Waals surface area contributed by atoms with E-state index >= 15 is 0 Å². The van der Waals surface area contributed by atoms with Gasteiger partial charge in [0, 0.05) is 10.6 Å². The highest BCUT2D eigenvalue weighted by Gasteiger charge is 2.11. The molecule has 2 aromatic rings. The largest absolute Gasteiger partial charge is 0.496 e. The number of carbonyl (C=O) groups is 1. The minimum Gasteiger partial charge on any atom is -0.496 e. The standard InChI is InChI=1S/C18H14ClFN2O2S/c1-24-16-8-11(3-6-17(16)25-2)7-12(10-21)18(23)22-13-4-5-15(20)14(19)9-13/h3-9H,1-2H3,(H,22,23)/b12-7-. The molecular weight excluding hydrogens is 363 g/mol. The van der Waals surface area contributed by atoms with Crippen LogP contribution in [0.4, 0.5) is 10.1 Å². The summed E-state index contributed by atoms with van der Waals surface area (Å²) in [5.41, 5.74) is 0.853. The van der Waals surface area contributed by atoms with Gasteiger partial charge in [0.1, 0.15) is 23.2 Å². The van der Waals surface area contributed by atoms with E-state index in [1.54, 1.807) is 19.2 Å². The van der Waals surface area contributed by atoms with Crippen molar-refractivity contribution in [2.45, 2.75) is 4.90 Å². The predicted octanol–water partition coefficient (Wildman–Crippen LogP) is 4.76. The van der Waals surface area contributed by atoms with Crippen molar-refractivity contribution in [3.05, 3.63) is 58.4 Å². The van der Waals surface area contributed by atoms with Crippen LogP contribution in [0.3, 0.4) is 0 Å². The predicted molar refractivity (Wildman–Crippen MR) is 98.4 cm³/mol. The molecule has 2 rings (SSSR count). The molecule has 1 amide bonds. The average Bonchev–Trinajstić information content (AvgIpc) is 2.62. The van der Waals surface area contributed by atoms with Gasteiger partial charge in [0.15, 0.2) is 0 Å². The van der Waals surface area contributed by atoms with Crippen molar-refractivity contribution in [2.75, 3.05) is 18.7 Å². The van der Waals surface area contributed by atoms with Crippen molar-refractivity contribution in [3.8, 4) is 11.8 Å². The third-order valence-corrected chi connectivity index (χ3v) is 4.33. The van der Waals surface area contributed by atoms with E-state index in [9.17, 15) is 14.4 Å². The number of carbonyl (C=O) groups excluding carboxylic acids is 1. The molecule has 0 radical (unpaired) electrons. The van der Waals surface area contributed by atoms with Gasteiger partial charge in [-0.05, 0) is 48.2 Å². The maximum atomic E-state index is 13.2. The summed E-state index contributed by atoms with van der Waals surface area (Å²) in [4.78, 5) is 13.2. The molecule has 0 atom stereocenters. The Labute approximate surface area is 154 Å². The first-order chi connectivity index (χ1) is 12.0. The van der Waals surface area contributed by atoms with Crippen LogP contribution in [0.1, 0.15) is 5.56 Å². The second-order valence-corrected chi connectivity index (χ2v) is 6.12. The van der Waals surface area contributed by atoms with E-state index < -0.39 is 11.7 Å². The molecule has 0 aliphatic rings. The fourth-order valence-corrected chi connectivity index (χ4v) is 2.76. The summed E-state index contributed by atoms with van der Waals surface area (Å²) in [6, 6.07) is 11.0. The van der Waals surface area contributed by atoms with Gasteiger partial charge in [-0.15, -0.1) is 11.8 Å². The van der Waals surface area contributed by atoms with E-state index in [0.717, 1.165) is 11.0 Å². The third-order valence-electron chi connectivity index (χ3n) is 3.26. The molecular formula is C18H14ClFN2O2S. The third kappa shape index (κ3) is 4.75. The van der Waals surface area contributed by atoms with Crippen LogP contribution in [0.25, 0.3) is 6.08 Å². The quantitative estimate of drug-likeness (QED) is 0.464. The maximum Gasteiger partial charge on any atom is 0.266 e. The summed E-state index contributed by atoms with van der Waals surface area (Å²) in [5, 5.41) is 11.7. The van der Waals surface area contributed by atoms with Crippen LogP contribution in [0.2, 0.25) is 5.02 Å². The van der Waals surface area contributed by atoms with Gasteiger partial charge in [-0.2, -0.15) is 5.26 Å². The zero-order chi connectivity index (χ0) is 18.4. The summed E-state index contributed by atoms with van der Waals surface area (Å²) in [6.07, 6.45) is 3.38. The number of rotatable bonds is 5. The van der Waals surface area contributed by atoms with Crippen molar-refractivity contribution < 1.29 is 13.9 Å². The Morgan fingerprint density at radius 3 is 2.72 bits per heavy atom. The Balaban J connectivity index is 2.26. The first-order valence-electron chi connectivity index (χ1n) is 7.08. The number of thioether (sulfide) groups is 1. The lowest BCUT2D eigenvalue weighted by atomic mass is 10.1. The highest BCUT2D eigenvalue weighted by Crippen LogP contribution is 2.29. The topological polar surface area (TPSA) is 62.1 Å². The second kappa shape index (κ2) is 8.56. The van der Waals surface area contributed by atoms with Crippen molar-refractivity contribution in [1.29, 1.82) is 5.26 Å². The summed E-state index contributed by atoms with van der Waals surface area (Å²) >= 11 is 7.21. The first-order valence-corrected chi connectivity index (χ1v) is 8.69. The first kappa shape index (κ1) is 18.8. The maximum absolute atomic E-state index is 13.2. The molecule has 0 aromatic heterocycles. The summed E-state index contributed by atoms with van der Waals surface area (Å²) < 4.78 is 18.4. The SMILES string of the molecule is COc1cc(/C=C(/C#N)C(=O)Nc2ccc(F)c(Cl)c2)ccc1SC. The molecule has 0 fully saturated rings. The van der Waals surface area contributed by atoms with Crippen molar-refractivity contribution in [1.82, 2.24) is 0 Å². The molecule has 0 spiro atoms. The minimum atomic E-state index is -0.613. The highest BCUT2D eigenvalue weighted by molar-refractivity contribution is 7.98. The Bertz CT molecular complexity index is 878. The van der Waals surface area contributed by atoms with Gasteiger partial charge < -0.3 is 10.1 Å². The Morgan fingerprint density at radius 1 is 1.36 bits per heavy atom. The fraction of sp³-hybridized carbons (Fsp3) is 0.111. The van der Waals surface area contributed by atoms with Crippen LogP contribution in [-0.4, -0.2) is 19.3 Å². The summed E-state index contributed by atoms with van der Waals surface area (Å²) in [6.45, 7) is 0. The van der Waals surface area contributed by atoms with Gasteiger partial charge >= 0.3 is 0 Å². The second-order valence-electron chi connectivity index (χ2n) is 4.87. The molecule has 0 unspecified atom stereocenters. The fourth-order valence-electron chi connectivity index (χ4n) is 2.03. The average molecular weight is 377 g/mol. The van der Waals surface area contributed by atoms with Crippen LogP contribution in [0.15, 0.2) is 46.9 Å². The van der Waals surface area contributed by atoms with E-state index in [2.05, 4.69) is 5.32 Å². The minimum absolute atomic E-state index is 0.0978. The van der Waals surface area contributed by atoms with Gasteiger partial charge in [0.25, 0.3) is 5.91 Å². The lowest BCUT2D eigenvalue weighted by Crippen LogP contribution is -2.13.